The van der Waals surface area contributed by atoms with E-state index in [9.17, 15) is 19.2 Å². The summed E-state index contributed by atoms with van der Waals surface area (Å²) in [6.07, 6.45) is 3.24. The minimum absolute atomic E-state index is 0.0867. The van der Waals surface area contributed by atoms with Crippen LogP contribution >= 0.6 is 0 Å². The molecule has 1 aromatic carbocycles. The van der Waals surface area contributed by atoms with Gasteiger partial charge in [-0.15, -0.1) is 0 Å². The van der Waals surface area contributed by atoms with Gasteiger partial charge < -0.3 is 10.1 Å². The van der Waals surface area contributed by atoms with Crippen molar-refractivity contribution in [2.75, 3.05) is 6.54 Å². The second-order valence-corrected chi connectivity index (χ2v) is 7.25. The van der Waals surface area contributed by atoms with E-state index in [1.807, 2.05) is 0 Å². The number of imide groups is 1. The molecule has 0 saturated heterocycles. The number of fused-ring (bicyclic) bond motifs is 1. The van der Waals surface area contributed by atoms with Crippen molar-refractivity contribution in [1.29, 1.82) is 0 Å². The smallest absolute Gasteiger partial charge is 0.326 e. The zero-order valence-corrected chi connectivity index (χ0v) is 15.6. The Hall–Kier alpha value is -2.70. The Morgan fingerprint density at radius 3 is 2.33 bits per heavy atom. The van der Waals surface area contributed by atoms with Crippen molar-refractivity contribution < 1.29 is 23.9 Å². The number of esters is 1. The van der Waals surface area contributed by atoms with Crippen LogP contribution in [0.4, 0.5) is 0 Å². The number of amides is 3. The number of hydrogen-bond donors (Lipinski definition) is 1. The zero-order valence-electron chi connectivity index (χ0n) is 15.6. The number of ether oxygens (including phenoxy) is 1. The quantitative estimate of drug-likeness (QED) is 0.630. The van der Waals surface area contributed by atoms with Crippen LogP contribution < -0.4 is 5.32 Å². The van der Waals surface area contributed by atoms with E-state index in [0.717, 1.165) is 24.2 Å². The average Bonchev–Trinajstić information content (AvgIpc) is 2.89. The van der Waals surface area contributed by atoms with Crippen LogP contribution in [0.5, 0.6) is 0 Å². The van der Waals surface area contributed by atoms with Gasteiger partial charge in [0.1, 0.15) is 6.54 Å². The van der Waals surface area contributed by atoms with Crippen molar-refractivity contribution in [3.05, 3.63) is 35.4 Å². The van der Waals surface area contributed by atoms with Crippen LogP contribution in [-0.2, 0) is 14.3 Å². The van der Waals surface area contributed by atoms with Gasteiger partial charge in [0, 0.05) is 6.04 Å². The van der Waals surface area contributed by atoms with E-state index in [4.69, 9.17) is 4.74 Å². The average molecular weight is 372 g/mol. The largest absolute Gasteiger partial charge is 0.451 e. The Balaban J connectivity index is 1.54. The van der Waals surface area contributed by atoms with E-state index in [2.05, 4.69) is 12.2 Å². The number of carbonyl (C=O) groups is 4. The minimum atomic E-state index is -0.984. The Kier molecular flexibility index (Phi) is 5.58. The Bertz CT molecular complexity index is 740. The summed E-state index contributed by atoms with van der Waals surface area (Å²) in [7, 11) is 0. The molecule has 3 amide bonds. The summed E-state index contributed by atoms with van der Waals surface area (Å²) in [6, 6.07) is 6.49. The van der Waals surface area contributed by atoms with Gasteiger partial charge in [-0.1, -0.05) is 31.9 Å². The highest BCUT2D eigenvalue weighted by Crippen LogP contribution is 2.24. The van der Waals surface area contributed by atoms with E-state index >= 15 is 0 Å². The Morgan fingerprint density at radius 2 is 1.74 bits per heavy atom. The molecule has 7 heteroatoms. The summed E-state index contributed by atoms with van der Waals surface area (Å²) in [5, 5.41) is 2.94. The van der Waals surface area contributed by atoms with Crippen molar-refractivity contribution in [2.24, 2.45) is 5.92 Å². The number of benzene rings is 1. The fourth-order valence-electron chi connectivity index (χ4n) is 3.63. The molecule has 1 fully saturated rings. The first kappa shape index (κ1) is 19.1. The van der Waals surface area contributed by atoms with Gasteiger partial charge in [0.25, 0.3) is 17.7 Å². The maximum Gasteiger partial charge on any atom is 0.326 e. The first-order valence-electron chi connectivity index (χ1n) is 9.33. The summed E-state index contributed by atoms with van der Waals surface area (Å²) >= 11 is 0. The third-order valence-electron chi connectivity index (χ3n) is 5.28. The molecule has 3 atom stereocenters. The summed E-state index contributed by atoms with van der Waals surface area (Å²) in [5.74, 6) is -1.81. The molecule has 0 bridgehead atoms. The summed E-state index contributed by atoms with van der Waals surface area (Å²) in [6.45, 7) is 3.08. The fourth-order valence-corrected chi connectivity index (χ4v) is 3.63. The predicted octanol–water partition coefficient (Wildman–Crippen LogP) is 1.91. The third kappa shape index (κ3) is 4.02. The molecule has 7 nitrogen and oxygen atoms in total. The monoisotopic (exact) mass is 372 g/mol. The number of nitrogens with one attached hydrogen (secondary N) is 1. The molecule has 1 N–H and O–H groups in total. The number of nitrogens with zero attached hydrogens (tertiary/aromatic N) is 1. The van der Waals surface area contributed by atoms with Gasteiger partial charge in [-0.05, 0) is 37.8 Å². The van der Waals surface area contributed by atoms with Crippen molar-refractivity contribution in [2.45, 2.75) is 51.7 Å². The van der Waals surface area contributed by atoms with Crippen LogP contribution in [-0.4, -0.2) is 47.3 Å². The number of carbonyl (C=O) groups excluding carboxylic acids is 4. The Labute approximate surface area is 158 Å². The maximum absolute atomic E-state index is 12.3. The van der Waals surface area contributed by atoms with Crippen LogP contribution in [0, 0.1) is 5.92 Å². The van der Waals surface area contributed by atoms with Crippen molar-refractivity contribution in [3.63, 3.8) is 0 Å². The van der Waals surface area contributed by atoms with E-state index in [1.165, 1.54) is 13.3 Å². The highest BCUT2D eigenvalue weighted by molar-refractivity contribution is 6.22. The number of hydrogen-bond acceptors (Lipinski definition) is 5. The molecule has 1 heterocycles. The molecule has 3 rings (SSSR count). The first-order valence-corrected chi connectivity index (χ1v) is 9.33. The molecule has 1 aliphatic heterocycles. The topological polar surface area (TPSA) is 92.8 Å². The van der Waals surface area contributed by atoms with E-state index in [-0.39, 0.29) is 23.1 Å². The lowest BCUT2D eigenvalue weighted by atomic mass is 9.86. The van der Waals surface area contributed by atoms with Crippen LogP contribution in [0.25, 0.3) is 0 Å². The van der Waals surface area contributed by atoms with Gasteiger partial charge in [0.05, 0.1) is 11.1 Å². The highest BCUT2D eigenvalue weighted by Gasteiger charge is 2.37. The molecule has 0 aromatic heterocycles. The highest BCUT2D eigenvalue weighted by atomic mass is 16.5. The summed E-state index contributed by atoms with van der Waals surface area (Å²) in [4.78, 5) is 49.9. The van der Waals surface area contributed by atoms with Crippen molar-refractivity contribution in [3.8, 4) is 0 Å². The summed E-state index contributed by atoms with van der Waals surface area (Å²) < 4.78 is 5.15. The lowest BCUT2D eigenvalue weighted by molar-refractivity contribution is -0.155. The number of rotatable bonds is 5. The van der Waals surface area contributed by atoms with Gasteiger partial charge in [-0.25, -0.2) is 0 Å². The fraction of sp³-hybridized carbons (Fsp3) is 0.500. The van der Waals surface area contributed by atoms with E-state index in [1.54, 1.807) is 24.3 Å². The standard InChI is InChI=1S/C20H24N2O5/c1-12-7-3-6-10-16(12)21-18(24)13(2)27-17(23)11-22-19(25)14-8-4-5-9-15(14)20(22)26/h4-5,8-9,12-13,16H,3,6-7,10-11H2,1-2H3,(H,21,24)/t12-,13+,16+/m0/s1. The van der Waals surface area contributed by atoms with Gasteiger partial charge in [-0.3, -0.25) is 24.1 Å². The van der Waals surface area contributed by atoms with Crippen molar-refractivity contribution >= 4 is 23.7 Å². The van der Waals surface area contributed by atoms with Gasteiger partial charge in [0.2, 0.25) is 0 Å². The van der Waals surface area contributed by atoms with Crippen LogP contribution in [0.2, 0.25) is 0 Å². The predicted molar refractivity (Wildman–Crippen MR) is 96.9 cm³/mol. The SMILES string of the molecule is C[C@@H](OC(=O)CN1C(=O)c2ccccc2C1=O)C(=O)N[C@@H]1CCCC[C@@H]1C. The lowest BCUT2D eigenvalue weighted by Gasteiger charge is -2.30. The van der Waals surface area contributed by atoms with E-state index in [0.29, 0.717) is 5.92 Å². The molecular weight excluding hydrogens is 348 g/mol. The molecule has 27 heavy (non-hydrogen) atoms. The molecule has 2 aliphatic rings. The minimum Gasteiger partial charge on any atom is -0.451 e. The van der Waals surface area contributed by atoms with Crippen LogP contribution in [0.1, 0.15) is 60.2 Å². The van der Waals surface area contributed by atoms with Crippen molar-refractivity contribution in [1.82, 2.24) is 10.2 Å². The molecule has 1 aromatic rings. The normalized spacial score (nSPS) is 23.0. The van der Waals surface area contributed by atoms with Crippen LogP contribution in [0.15, 0.2) is 24.3 Å². The van der Waals surface area contributed by atoms with E-state index < -0.39 is 30.4 Å². The molecule has 0 radical (unpaired) electrons. The molecule has 0 unspecified atom stereocenters. The molecule has 1 saturated carbocycles. The first-order chi connectivity index (χ1) is 12.9. The van der Waals surface area contributed by atoms with Gasteiger partial charge in [-0.2, -0.15) is 0 Å². The second kappa shape index (κ2) is 7.90. The van der Waals surface area contributed by atoms with Crippen LogP contribution in [0.3, 0.4) is 0 Å². The van der Waals surface area contributed by atoms with Gasteiger partial charge in [0.15, 0.2) is 6.10 Å². The maximum atomic E-state index is 12.3. The summed E-state index contributed by atoms with van der Waals surface area (Å²) in [5.41, 5.74) is 0.541. The Morgan fingerprint density at radius 1 is 1.15 bits per heavy atom. The third-order valence-corrected chi connectivity index (χ3v) is 5.28. The van der Waals surface area contributed by atoms with Gasteiger partial charge >= 0.3 is 5.97 Å². The zero-order chi connectivity index (χ0) is 19.6. The molecule has 1 aliphatic carbocycles. The molecular formula is C20H24N2O5. The molecule has 0 spiro atoms. The lowest BCUT2D eigenvalue weighted by Crippen LogP contribution is -2.46. The molecule has 144 valence electrons. The second-order valence-electron chi connectivity index (χ2n) is 7.25.